The maximum absolute atomic E-state index is 11.9. The molecule has 0 radical (unpaired) electrons. The lowest BCUT2D eigenvalue weighted by atomic mass is 10.1. The maximum atomic E-state index is 11.9. The first kappa shape index (κ1) is 15.4. The normalized spacial score (nSPS) is 10.4. The fraction of sp³-hybridized carbons (Fsp3) is 0.235. The molecule has 0 atom stereocenters. The van der Waals surface area contributed by atoms with E-state index in [2.05, 4.69) is 32.0 Å². The van der Waals surface area contributed by atoms with Crippen LogP contribution in [-0.2, 0) is 10.5 Å². The van der Waals surface area contributed by atoms with Crippen LogP contribution in [0.15, 0.2) is 41.3 Å². The van der Waals surface area contributed by atoms with E-state index in [-0.39, 0.29) is 5.97 Å². The Morgan fingerprint density at radius 2 is 2.00 bits per heavy atom. The summed E-state index contributed by atoms with van der Waals surface area (Å²) in [5, 5.41) is 0. The van der Waals surface area contributed by atoms with Crippen LogP contribution in [0.1, 0.15) is 27.0 Å². The summed E-state index contributed by atoms with van der Waals surface area (Å²) in [6.07, 6.45) is 0. The van der Waals surface area contributed by atoms with Gasteiger partial charge in [0.2, 0.25) is 0 Å². The van der Waals surface area contributed by atoms with Crippen molar-refractivity contribution in [3.05, 3.63) is 58.7 Å². The van der Waals surface area contributed by atoms with Gasteiger partial charge in [-0.3, -0.25) is 0 Å². The number of rotatable bonds is 4. The van der Waals surface area contributed by atoms with Crippen molar-refractivity contribution < 1.29 is 9.53 Å². The maximum Gasteiger partial charge on any atom is 0.340 e. The van der Waals surface area contributed by atoms with Crippen molar-refractivity contribution in [3.63, 3.8) is 0 Å². The smallest absolute Gasteiger partial charge is 0.340 e. The minimum atomic E-state index is -0.385. The van der Waals surface area contributed by atoms with Crippen LogP contribution < -0.4 is 5.73 Å². The van der Waals surface area contributed by atoms with Crippen molar-refractivity contribution in [3.8, 4) is 0 Å². The van der Waals surface area contributed by atoms with Gasteiger partial charge in [0.05, 0.1) is 12.7 Å². The molecule has 0 spiro atoms. The van der Waals surface area contributed by atoms with Crippen LogP contribution in [0.4, 0.5) is 5.69 Å². The van der Waals surface area contributed by atoms with E-state index in [0.717, 1.165) is 5.56 Å². The van der Waals surface area contributed by atoms with Crippen LogP contribution in [0.2, 0.25) is 0 Å². The largest absolute Gasteiger partial charge is 0.465 e. The first-order valence-electron chi connectivity index (χ1n) is 6.68. The summed E-state index contributed by atoms with van der Waals surface area (Å²) in [4.78, 5) is 13.1. The molecule has 0 unspecified atom stereocenters. The molecule has 0 saturated carbocycles. The highest BCUT2D eigenvalue weighted by atomic mass is 32.2. The van der Waals surface area contributed by atoms with Gasteiger partial charge in [0, 0.05) is 16.3 Å². The number of anilines is 1. The number of benzene rings is 2. The fourth-order valence-electron chi connectivity index (χ4n) is 2.11. The third-order valence-electron chi connectivity index (χ3n) is 3.30. The molecule has 0 heterocycles. The molecule has 0 aromatic heterocycles. The number of esters is 1. The predicted molar refractivity (Wildman–Crippen MR) is 87.7 cm³/mol. The summed E-state index contributed by atoms with van der Waals surface area (Å²) in [5.41, 5.74) is 10.2. The number of hydrogen-bond acceptors (Lipinski definition) is 4. The van der Waals surface area contributed by atoms with Crippen molar-refractivity contribution in [2.24, 2.45) is 0 Å². The quantitative estimate of drug-likeness (QED) is 0.527. The third-order valence-corrected chi connectivity index (χ3v) is 4.51. The first-order chi connectivity index (χ1) is 10.0. The van der Waals surface area contributed by atoms with Gasteiger partial charge in [-0.25, -0.2) is 4.79 Å². The minimum Gasteiger partial charge on any atom is -0.465 e. The van der Waals surface area contributed by atoms with Gasteiger partial charge in [-0.05, 0) is 37.1 Å². The van der Waals surface area contributed by atoms with Crippen LogP contribution in [0.5, 0.6) is 0 Å². The zero-order valence-corrected chi connectivity index (χ0v) is 13.3. The van der Waals surface area contributed by atoms with Gasteiger partial charge in [-0.2, -0.15) is 0 Å². The number of thioether (sulfide) groups is 1. The van der Waals surface area contributed by atoms with Crippen LogP contribution in [0, 0.1) is 13.8 Å². The van der Waals surface area contributed by atoms with E-state index in [1.54, 1.807) is 17.8 Å². The molecule has 2 rings (SSSR count). The van der Waals surface area contributed by atoms with E-state index in [1.165, 1.54) is 23.1 Å². The zero-order valence-electron chi connectivity index (χ0n) is 12.5. The van der Waals surface area contributed by atoms with Crippen molar-refractivity contribution in [2.45, 2.75) is 24.5 Å². The lowest BCUT2D eigenvalue weighted by Gasteiger charge is -2.11. The Hall–Kier alpha value is -1.94. The molecular formula is C17H19NO2S. The van der Waals surface area contributed by atoms with Crippen LogP contribution in [0.25, 0.3) is 0 Å². The molecule has 0 saturated heterocycles. The van der Waals surface area contributed by atoms with E-state index < -0.39 is 0 Å². The molecule has 0 aliphatic carbocycles. The van der Waals surface area contributed by atoms with Crippen molar-refractivity contribution in [1.82, 2.24) is 0 Å². The van der Waals surface area contributed by atoms with Crippen molar-refractivity contribution >= 4 is 23.4 Å². The van der Waals surface area contributed by atoms with Crippen LogP contribution >= 0.6 is 11.8 Å². The molecule has 4 heteroatoms. The first-order valence-corrected chi connectivity index (χ1v) is 7.67. The number of hydrogen-bond donors (Lipinski definition) is 1. The number of ether oxygens (including phenoxy) is 1. The second-order valence-electron chi connectivity index (χ2n) is 4.93. The second-order valence-corrected chi connectivity index (χ2v) is 5.95. The summed E-state index contributed by atoms with van der Waals surface area (Å²) in [6, 6.07) is 11.9. The van der Waals surface area contributed by atoms with E-state index >= 15 is 0 Å². The molecule has 0 fully saturated rings. The van der Waals surface area contributed by atoms with E-state index in [1.807, 2.05) is 12.1 Å². The third kappa shape index (κ3) is 3.58. The van der Waals surface area contributed by atoms with Crippen molar-refractivity contribution in [1.29, 1.82) is 0 Å². The van der Waals surface area contributed by atoms with Crippen molar-refractivity contribution in [2.75, 3.05) is 12.8 Å². The van der Waals surface area contributed by atoms with Gasteiger partial charge in [0.15, 0.2) is 0 Å². The monoisotopic (exact) mass is 301 g/mol. The average Bonchev–Trinajstić information content (AvgIpc) is 2.47. The highest BCUT2D eigenvalue weighted by Crippen LogP contribution is 2.29. The topological polar surface area (TPSA) is 52.3 Å². The number of nitrogen functional groups attached to an aromatic ring is 1. The molecule has 0 aliphatic heterocycles. The average molecular weight is 301 g/mol. The summed E-state index contributed by atoms with van der Waals surface area (Å²) < 4.78 is 4.82. The second kappa shape index (κ2) is 6.68. The number of carbonyl (C=O) groups excluding carboxylic acids is 1. The van der Waals surface area contributed by atoms with Gasteiger partial charge in [0.25, 0.3) is 0 Å². The Morgan fingerprint density at radius 3 is 2.71 bits per heavy atom. The van der Waals surface area contributed by atoms with Gasteiger partial charge in [-0.1, -0.05) is 29.8 Å². The highest BCUT2D eigenvalue weighted by Gasteiger charge is 2.15. The highest BCUT2D eigenvalue weighted by molar-refractivity contribution is 7.98. The van der Waals surface area contributed by atoms with Gasteiger partial charge in [-0.15, -0.1) is 11.8 Å². The minimum absolute atomic E-state index is 0.385. The number of nitrogens with two attached hydrogens (primary N) is 1. The molecule has 0 amide bonds. The molecule has 0 bridgehead atoms. The molecular weight excluding hydrogens is 282 g/mol. The van der Waals surface area contributed by atoms with Gasteiger partial charge < -0.3 is 10.5 Å². The summed E-state index contributed by atoms with van der Waals surface area (Å²) in [6.45, 7) is 4.16. The molecule has 110 valence electrons. The number of methoxy groups -OCH3 is 1. The van der Waals surface area contributed by atoms with E-state index in [9.17, 15) is 4.79 Å². The SMILES string of the molecule is COC(=O)c1c(N)cccc1CSc1cc(C)ccc1C. The Labute approximate surface area is 129 Å². The van der Waals surface area contributed by atoms with E-state index in [0.29, 0.717) is 17.0 Å². The number of aryl methyl sites for hydroxylation is 2. The Kier molecular flexibility index (Phi) is 4.91. The van der Waals surface area contributed by atoms with Crippen LogP contribution in [0.3, 0.4) is 0 Å². The summed E-state index contributed by atoms with van der Waals surface area (Å²) in [7, 11) is 1.37. The summed E-state index contributed by atoms with van der Waals surface area (Å²) in [5.74, 6) is 0.296. The number of carbonyl (C=O) groups is 1. The fourth-order valence-corrected chi connectivity index (χ4v) is 3.23. The lowest BCUT2D eigenvalue weighted by molar-refractivity contribution is 0.0601. The standard InChI is InChI=1S/C17H19NO2S/c1-11-7-8-12(2)15(9-11)21-10-13-5-4-6-14(18)16(13)17(19)20-3/h4-9H,10,18H2,1-3H3. The Balaban J connectivity index is 2.26. The molecule has 2 N–H and O–H groups in total. The van der Waals surface area contributed by atoms with E-state index in [4.69, 9.17) is 10.5 Å². The molecule has 2 aromatic rings. The molecule has 0 aliphatic rings. The summed E-state index contributed by atoms with van der Waals surface area (Å²) >= 11 is 1.70. The predicted octanol–water partition coefficient (Wildman–Crippen LogP) is 3.96. The van der Waals surface area contributed by atoms with Crippen LogP contribution in [-0.4, -0.2) is 13.1 Å². The molecule has 3 nitrogen and oxygen atoms in total. The zero-order chi connectivity index (χ0) is 15.4. The Bertz CT molecular complexity index is 668. The molecule has 21 heavy (non-hydrogen) atoms. The lowest BCUT2D eigenvalue weighted by Crippen LogP contribution is -2.09. The van der Waals surface area contributed by atoms with Gasteiger partial charge >= 0.3 is 5.97 Å². The van der Waals surface area contributed by atoms with Gasteiger partial charge in [0.1, 0.15) is 0 Å². The Morgan fingerprint density at radius 1 is 1.24 bits per heavy atom. The molecule has 2 aromatic carbocycles.